The Balaban J connectivity index is 1.88. The fraction of sp³-hybridized carbons (Fsp3) is 0.412. The Morgan fingerprint density at radius 2 is 2.08 bits per heavy atom. The highest BCUT2D eigenvalue weighted by Gasteiger charge is 2.36. The van der Waals surface area contributed by atoms with Gasteiger partial charge in [0.1, 0.15) is 0 Å². The zero-order valence-electron chi connectivity index (χ0n) is 13.4. The molecule has 1 aromatic heterocycles. The molecule has 0 saturated carbocycles. The Bertz CT molecular complexity index is 723. The maximum atomic E-state index is 11.1. The van der Waals surface area contributed by atoms with Crippen LogP contribution in [0.25, 0.3) is 11.1 Å². The molecule has 24 heavy (non-hydrogen) atoms. The van der Waals surface area contributed by atoms with Gasteiger partial charge in [0.15, 0.2) is 0 Å². The van der Waals surface area contributed by atoms with Crippen molar-refractivity contribution in [1.29, 1.82) is 0 Å². The Labute approximate surface area is 154 Å². The molecule has 1 aliphatic heterocycles. The largest absolute Gasteiger partial charge is 0.465 e. The van der Waals surface area contributed by atoms with E-state index >= 15 is 0 Å². The molecule has 1 aliphatic rings. The van der Waals surface area contributed by atoms with Gasteiger partial charge >= 0.3 is 6.09 Å². The minimum absolute atomic E-state index is 0.152. The van der Waals surface area contributed by atoms with Crippen molar-refractivity contribution in [2.75, 3.05) is 19.6 Å². The second-order valence-electron chi connectivity index (χ2n) is 6.22. The van der Waals surface area contributed by atoms with Crippen molar-refractivity contribution in [3.8, 4) is 11.1 Å². The molecule has 1 aromatic carbocycles. The van der Waals surface area contributed by atoms with Gasteiger partial charge in [0, 0.05) is 36.8 Å². The smallest absolute Gasteiger partial charge is 0.407 e. The van der Waals surface area contributed by atoms with Crippen LogP contribution in [-0.4, -0.2) is 45.5 Å². The maximum Gasteiger partial charge on any atom is 0.407 e. The lowest BCUT2D eigenvalue weighted by atomic mass is 9.72. The Morgan fingerprint density at radius 1 is 1.33 bits per heavy atom. The van der Waals surface area contributed by atoms with Crippen molar-refractivity contribution in [3.05, 3.63) is 42.2 Å². The van der Waals surface area contributed by atoms with E-state index in [1.165, 1.54) is 10.5 Å². The molecule has 6 nitrogen and oxygen atoms in total. The van der Waals surface area contributed by atoms with Crippen LogP contribution in [0.15, 0.2) is 36.7 Å². The molecule has 0 spiro atoms. The van der Waals surface area contributed by atoms with Crippen LogP contribution in [0.4, 0.5) is 4.79 Å². The summed E-state index contributed by atoms with van der Waals surface area (Å²) < 4.78 is 2.71. The van der Waals surface area contributed by atoms with Gasteiger partial charge in [-0.3, -0.25) is 4.68 Å². The molecule has 3 rings (SSSR count). The van der Waals surface area contributed by atoms with Crippen LogP contribution in [0.1, 0.15) is 18.4 Å². The minimum atomic E-state index is -0.847. The highest BCUT2D eigenvalue weighted by atomic mass is 127. The molecule has 0 aliphatic carbocycles. The van der Waals surface area contributed by atoms with Gasteiger partial charge in [-0.2, -0.15) is 5.10 Å². The minimum Gasteiger partial charge on any atom is -0.465 e. The van der Waals surface area contributed by atoms with E-state index in [2.05, 4.69) is 45.9 Å². The van der Waals surface area contributed by atoms with Gasteiger partial charge in [-0.1, -0.05) is 46.9 Å². The molecule has 128 valence electrons. The number of benzene rings is 1. The van der Waals surface area contributed by atoms with Crippen LogP contribution in [-0.2, 0) is 9.97 Å². The Kier molecular flexibility index (Phi) is 5.09. The SMILES string of the molecule is NCC1(c2cccc(-c3cnn(CI)c3)c2)CCN(C(=O)O)CC1. The molecule has 0 radical (unpaired) electrons. The lowest BCUT2D eigenvalue weighted by molar-refractivity contribution is 0.117. The third-order valence-corrected chi connectivity index (χ3v) is 5.64. The van der Waals surface area contributed by atoms with E-state index in [4.69, 9.17) is 10.8 Å². The van der Waals surface area contributed by atoms with E-state index in [1.54, 1.807) is 0 Å². The highest BCUT2D eigenvalue weighted by molar-refractivity contribution is 14.1. The number of rotatable bonds is 4. The van der Waals surface area contributed by atoms with Crippen molar-refractivity contribution >= 4 is 28.7 Å². The fourth-order valence-electron chi connectivity index (χ4n) is 3.34. The zero-order chi connectivity index (χ0) is 17.2. The summed E-state index contributed by atoms with van der Waals surface area (Å²) in [5.74, 6) is 0. The fourth-order valence-corrected chi connectivity index (χ4v) is 3.72. The van der Waals surface area contributed by atoms with Gasteiger partial charge in [0.2, 0.25) is 0 Å². The van der Waals surface area contributed by atoms with E-state index in [9.17, 15) is 4.79 Å². The van der Waals surface area contributed by atoms with Crippen LogP contribution in [0.3, 0.4) is 0 Å². The monoisotopic (exact) mass is 440 g/mol. The number of carboxylic acid groups (broad SMARTS) is 1. The molecule has 2 aromatic rings. The molecule has 1 amide bonds. The topological polar surface area (TPSA) is 84.4 Å². The molecule has 2 heterocycles. The number of piperidine rings is 1. The number of amides is 1. The standard InChI is InChI=1S/C17H21IN4O2/c18-12-22-10-14(9-20-22)13-2-1-3-15(8-13)17(11-19)4-6-21(7-5-17)16(23)24/h1-3,8-10H,4-7,11-12,19H2,(H,23,24). The molecule has 7 heteroatoms. The Hall–Kier alpha value is -1.61. The van der Waals surface area contributed by atoms with Crippen molar-refractivity contribution < 1.29 is 9.90 Å². The number of likely N-dealkylation sites (tertiary alicyclic amines) is 1. The van der Waals surface area contributed by atoms with Gasteiger partial charge in [-0.05, 0) is 24.0 Å². The summed E-state index contributed by atoms with van der Waals surface area (Å²) >= 11 is 2.27. The van der Waals surface area contributed by atoms with Crippen molar-refractivity contribution in [1.82, 2.24) is 14.7 Å². The lowest BCUT2D eigenvalue weighted by Crippen LogP contribution is -2.48. The molecule has 0 atom stereocenters. The molecule has 0 bridgehead atoms. The van der Waals surface area contributed by atoms with Crippen molar-refractivity contribution in [2.24, 2.45) is 5.73 Å². The zero-order valence-corrected chi connectivity index (χ0v) is 15.5. The number of halogens is 1. The second kappa shape index (κ2) is 7.10. The summed E-state index contributed by atoms with van der Waals surface area (Å²) in [5, 5.41) is 13.5. The van der Waals surface area contributed by atoms with E-state index in [0.29, 0.717) is 19.6 Å². The van der Waals surface area contributed by atoms with Gasteiger partial charge < -0.3 is 15.7 Å². The average molecular weight is 440 g/mol. The summed E-state index contributed by atoms with van der Waals surface area (Å²) in [4.78, 5) is 12.6. The maximum absolute atomic E-state index is 11.1. The highest BCUT2D eigenvalue weighted by Crippen LogP contribution is 2.36. The molecule has 1 fully saturated rings. The predicted octanol–water partition coefficient (Wildman–Crippen LogP) is 2.91. The van der Waals surface area contributed by atoms with Crippen LogP contribution in [0.5, 0.6) is 0 Å². The number of nitrogens with two attached hydrogens (primary N) is 1. The summed E-state index contributed by atoms with van der Waals surface area (Å²) in [6, 6.07) is 8.41. The number of hydrogen-bond acceptors (Lipinski definition) is 3. The van der Waals surface area contributed by atoms with Crippen LogP contribution >= 0.6 is 22.6 Å². The van der Waals surface area contributed by atoms with Crippen LogP contribution < -0.4 is 5.73 Å². The number of carbonyl (C=O) groups is 1. The van der Waals surface area contributed by atoms with Gasteiger partial charge in [0.25, 0.3) is 0 Å². The third-order valence-electron chi connectivity index (χ3n) is 4.95. The molecular formula is C17H21IN4O2. The molecule has 0 unspecified atom stereocenters. The Morgan fingerprint density at radius 3 is 2.67 bits per heavy atom. The van der Waals surface area contributed by atoms with Gasteiger partial charge in [0.05, 0.1) is 10.7 Å². The first-order valence-electron chi connectivity index (χ1n) is 7.95. The van der Waals surface area contributed by atoms with E-state index < -0.39 is 6.09 Å². The van der Waals surface area contributed by atoms with E-state index in [1.807, 2.05) is 23.1 Å². The van der Waals surface area contributed by atoms with E-state index in [-0.39, 0.29) is 5.41 Å². The number of aromatic nitrogens is 2. The summed E-state index contributed by atoms with van der Waals surface area (Å²) in [5.41, 5.74) is 9.37. The van der Waals surface area contributed by atoms with Crippen LogP contribution in [0.2, 0.25) is 0 Å². The first kappa shape index (κ1) is 17.2. The number of alkyl halides is 1. The summed E-state index contributed by atoms with van der Waals surface area (Å²) in [7, 11) is 0. The number of hydrogen-bond donors (Lipinski definition) is 2. The van der Waals surface area contributed by atoms with Crippen molar-refractivity contribution in [2.45, 2.75) is 22.8 Å². The summed E-state index contributed by atoms with van der Waals surface area (Å²) in [6.07, 6.45) is 4.58. The van der Waals surface area contributed by atoms with Gasteiger partial charge in [-0.25, -0.2) is 4.79 Å². The first-order chi connectivity index (χ1) is 11.6. The predicted molar refractivity (Wildman–Crippen MR) is 101 cm³/mol. The summed E-state index contributed by atoms with van der Waals surface area (Å²) in [6.45, 7) is 1.59. The average Bonchev–Trinajstić information content (AvgIpc) is 3.11. The van der Waals surface area contributed by atoms with Crippen LogP contribution in [0, 0.1) is 0 Å². The second-order valence-corrected chi connectivity index (χ2v) is 6.91. The normalized spacial score (nSPS) is 17.0. The first-order valence-corrected chi connectivity index (χ1v) is 9.48. The number of nitrogens with zero attached hydrogens (tertiary/aromatic N) is 3. The lowest BCUT2D eigenvalue weighted by Gasteiger charge is -2.40. The third kappa shape index (κ3) is 3.27. The molecular weight excluding hydrogens is 419 g/mol. The van der Waals surface area contributed by atoms with Crippen molar-refractivity contribution in [3.63, 3.8) is 0 Å². The molecule has 1 saturated heterocycles. The van der Waals surface area contributed by atoms with Gasteiger partial charge in [-0.15, -0.1) is 0 Å². The quantitative estimate of drug-likeness (QED) is 0.566. The molecule has 3 N–H and O–H groups in total. The van der Waals surface area contributed by atoms with E-state index in [0.717, 1.165) is 28.5 Å².